The highest BCUT2D eigenvalue weighted by atomic mass is 16.5. The van der Waals surface area contributed by atoms with Crippen LogP contribution in [0.4, 0.5) is 0 Å². The van der Waals surface area contributed by atoms with E-state index in [-0.39, 0.29) is 6.42 Å². The highest BCUT2D eigenvalue weighted by Crippen LogP contribution is 2.06. The molecule has 1 amide bonds. The molecule has 0 aliphatic heterocycles. The molecule has 0 aromatic heterocycles. The summed E-state index contributed by atoms with van der Waals surface area (Å²) in [4.78, 5) is 33.1. The second kappa shape index (κ2) is 5.95. The Balaban J connectivity index is 4.48. The Bertz CT molecular complexity index is 222. The highest BCUT2D eigenvalue weighted by molar-refractivity contribution is 6.00. The van der Waals surface area contributed by atoms with Crippen molar-refractivity contribution in [3.63, 3.8) is 0 Å². The number of carbonyl (C=O) groups excluding carboxylic acids is 3. The minimum Gasteiger partial charge on any atom is -0.469 e. The molecule has 0 aromatic rings. The smallest absolute Gasteiger partial charge is 0.318 e. The second-order valence-electron chi connectivity index (χ2n) is 2.47. The van der Waals surface area contributed by atoms with Gasteiger partial charge in [-0.15, -0.1) is 0 Å². The van der Waals surface area contributed by atoms with Gasteiger partial charge >= 0.3 is 11.9 Å². The molecule has 80 valence electrons. The number of rotatable bonds is 4. The van der Waals surface area contributed by atoms with Crippen LogP contribution in [0.3, 0.4) is 0 Å². The molecule has 1 atom stereocenters. The van der Waals surface area contributed by atoms with E-state index < -0.39 is 23.8 Å². The Morgan fingerprint density at radius 1 is 1.21 bits per heavy atom. The van der Waals surface area contributed by atoms with Gasteiger partial charge in [0, 0.05) is 7.05 Å². The van der Waals surface area contributed by atoms with Gasteiger partial charge in [-0.3, -0.25) is 14.4 Å². The van der Waals surface area contributed by atoms with Crippen molar-refractivity contribution in [1.29, 1.82) is 0 Å². The molecule has 1 N–H and O–H groups in total. The lowest BCUT2D eigenvalue weighted by Crippen LogP contribution is -2.35. The minimum atomic E-state index is -1.14. The molecule has 0 fully saturated rings. The standard InChI is InChI=1S/C8H13NO5/c1-9-7(11)5(8(12)14-3)4-6(10)13-2/h5H,4H2,1-3H3,(H,9,11). The van der Waals surface area contributed by atoms with Gasteiger partial charge in [0.1, 0.15) is 5.92 Å². The van der Waals surface area contributed by atoms with Crippen LogP contribution in [0.1, 0.15) is 6.42 Å². The largest absolute Gasteiger partial charge is 0.469 e. The van der Waals surface area contributed by atoms with Gasteiger partial charge < -0.3 is 14.8 Å². The van der Waals surface area contributed by atoms with Gasteiger partial charge in [0.25, 0.3) is 0 Å². The van der Waals surface area contributed by atoms with E-state index in [1.165, 1.54) is 14.2 Å². The topological polar surface area (TPSA) is 81.7 Å². The van der Waals surface area contributed by atoms with Crippen LogP contribution < -0.4 is 5.32 Å². The fourth-order valence-corrected chi connectivity index (χ4v) is 0.850. The van der Waals surface area contributed by atoms with Crippen molar-refractivity contribution in [3.05, 3.63) is 0 Å². The summed E-state index contributed by atoms with van der Waals surface area (Å²) in [6.45, 7) is 0. The molecular formula is C8H13NO5. The van der Waals surface area contributed by atoms with Crippen molar-refractivity contribution >= 4 is 17.8 Å². The number of methoxy groups -OCH3 is 2. The monoisotopic (exact) mass is 203 g/mol. The van der Waals surface area contributed by atoms with Crippen LogP contribution in [0.25, 0.3) is 0 Å². The Hall–Kier alpha value is -1.59. The lowest BCUT2D eigenvalue weighted by molar-refractivity contribution is -0.155. The number of ether oxygens (including phenoxy) is 2. The van der Waals surface area contributed by atoms with E-state index in [0.717, 1.165) is 7.11 Å². The zero-order chi connectivity index (χ0) is 11.1. The van der Waals surface area contributed by atoms with Crippen LogP contribution in [-0.2, 0) is 23.9 Å². The van der Waals surface area contributed by atoms with Crippen LogP contribution in [0.2, 0.25) is 0 Å². The molecule has 1 unspecified atom stereocenters. The van der Waals surface area contributed by atoms with E-state index in [2.05, 4.69) is 14.8 Å². The van der Waals surface area contributed by atoms with Gasteiger partial charge in [-0.05, 0) is 0 Å². The molecule has 0 aromatic carbocycles. The lowest BCUT2D eigenvalue weighted by atomic mass is 10.1. The van der Waals surface area contributed by atoms with Crippen LogP contribution in [0.15, 0.2) is 0 Å². The molecule has 0 radical (unpaired) electrons. The predicted molar refractivity (Wildman–Crippen MR) is 46.2 cm³/mol. The third-order valence-electron chi connectivity index (χ3n) is 1.65. The van der Waals surface area contributed by atoms with E-state index in [9.17, 15) is 14.4 Å². The van der Waals surface area contributed by atoms with Crippen LogP contribution in [-0.4, -0.2) is 39.1 Å². The number of hydrogen-bond acceptors (Lipinski definition) is 5. The van der Waals surface area contributed by atoms with E-state index in [0.29, 0.717) is 0 Å². The summed E-state index contributed by atoms with van der Waals surface area (Å²) < 4.78 is 8.72. The van der Waals surface area contributed by atoms with Crippen molar-refractivity contribution in [2.45, 2.75) is 6.42 Å². The molecule has 0 aliphatic rings. The van der Waals surface area contributed by atoms with Crippen LogP contribution in [0, 0.1) is 5.92 Å². The Morgan fingerprint density at radius 3 is 2.14 bits per heavy atom. The summed E-state index contributed by atoms with van der Waals surface area (Å²) in [6.07, 6.45) is -0.317. The average Bonchev–Trinajstić information content (AvgIpc) is 2.23. The van der Waals surface area contributed by atoms with Crippen molar-refractivity contribution in [1.82, 2.24) is 5.32 Å². The molecule has 0 spiro atoms. The minimum absolute atomic E-state index is 0.317. The predicted octanol–water partition coefficient (Wildman–Crippen LogP) is -0.915. The maximum atomic E-state index is 11.1. The number of carbonyl (C=O) groups is 3. The molecule has 0 saturated heterocycles. The molecule has 0 aliphatic carbocycles. The molecule has 0 saturated carbocycles. The summed E-state index contributed by atoms with van der Waals surface area (Å²) >= 11 is 0. The summed E-state index contributed by atoms with van der Waals surface area (Å²) in [6, 6.07) is 0. The first-order valence-electron chi connectivity index (χ1n) is 3.93. The summed E-state index contributed by atoms with van der Waals surface area (Å²) in [5.74, 6) is -3.10. The van der Waals surface area contributed by atoms with E-state index >= 15 is 0 Å². The maximum absolute atomic E-state index is 11.1. The number of esters is 2. The van der Waals surface area contributed by atoms with Crippen molar-refractivity contribution in [2.24, 2.45) is 5.92 Å². The normalized spacial score (nSPS) is 11.4. The first kappa shape index (κ1) is 12.4. The first-order chi connectivity index (χ1) is 6.56. The third kappa shape index (κ3) is 3.42. The third-order valence-corrected chi connectivity index (χ3v) is 1.65. The zero-order valence-electron chi connectivity index (χ0n) is 8.33. The van der Waals surface area contributed by atoms with Crippen molar-refractivity contribution in [3.8, 4) is 0 Å². The number of amides is 1. The van der Waals surface area contributed by atoms with Gasteiger partial charge in [0.2, 0.25) is 5.91 Å². The van der Waals surface area contributed by atoms with Gasteiger partial charge in [0.15, 0.2) is 0 Å². The van der Waals surface area contributed by atoms with Gasteiger partial charge in [-0.25, -0.2) is 0 Å². The van der Waals surface area contributed by atoms with Gasteiger partial charge in [-0.1, -0.05) is 0 Å². The maximum Gasteiger partial charge on any atom is 0.318 e. The fourth-order valence-electron chi connectivity index (χ4n) is 0.850. The van der Waals surface area contributed by atoms with Gasteiger partial charge in [0.05, 0.1) is 20.6 Å². The molecular weight excluding hydrogens is 190 g/mol. The summed E-state index contributed by atoms with van der Waals surface area (Å²) in [5, 5.41) is 2.26. The molecule has 6 nitrogen and oxygen atoms in total. The van der Waals surface area contributed by atoms with Crippen LogP contribution in [0.5, 0.6) is 0 Å². The second-order valence-corrected chi connectivity index (χ2v) is 2.47. The molecule has 0 bridgehead atoms. The quantitative estimate of drug-likeness (QED) is 0.472. The van der Waals surface area contributed by atoms with Crippen molar-refractivity contribution in [2.75, 3.05) is 21.3 Å². The SMILES string of the molecule is CNC(=O)C(CC(=O)OC)C(=O)OC. The van der Waals surface area contributed by atoms with Crippen LogP contribution >= 0.6 is 0 Å². The lowest BCUT2D eigenvalue weighted by Gasteiger charge is -2.11. The summed E-state index contributed by atoms with van der Waals surface area (Å²) in [5.41, 5.74) is 0. The highest BCUT2D eigenvalue weighted by Gasteiger charge is 2.29. The Morgan fingerprint density at radius 2 is 1.79 bits per heavy atom. The van der Waals surface area contributed by atoms with E-state index in [1.54, 1.807) is 0 Å². The Kier molecular flexibility index (Phi) is 5.28. The van der Waals surface area contributed by atoms with E-state index in [1.807, 2.05) is 0 Å². The number of nitrogens with one attached hydrogen (secondary N) is 1. The summed E-state index contributed by atoms with van der Waals surface area (Å²) in [7, 11) is 3.70. The molecule has 6 heteroatoms. The fraction of sp³-hybridized carbons (Fsp3) is 0.625. The Labute approximate surface area is 81.6 Å². The molecule has 0 heterocycles. The van der Waals surface area contributed by atoms with E-state index in [4.69, 9.17) is 0 Å². The van der Waals surface area contributed by atoms with Gasteiger partial charge in [-0.2, -0.15) is 0 Å². The first-order valence-corrected chi connectivity index (χ1v) is 3.93. The molecule has 14 heavy (non-hydrogen) atoms. The van der Waals surface area contributed by atoms with Crippen molar-refractivity contribution < 1.29 is 23.9 Å². The zero-order valence-corrected chi connectivity index (χ0v) is 8.33. The number of hydrogen-bond donors (Lipinski definition) is 1. The molecule has 0 rings (SSSR count). The average molecular weight is 203 g/mol.